The molecular weight excluding hydrogens is 721 g/mol. The number of nitrogens with two attached hydrogens (primary N) is 1. The molecule has 0 unspecified atom stereocenters. The molecule has 0 bridgehead atoms. The second-order valence-electron chi connectivity index (χ2n) is 15.1. The number of aromatic nitrogens is 2. The van der Waals surface area contributed by atoms with Crippen LogP contribution < -0.4 is 5.73 Å². The van der Waals surface area contributed by atoms with E-state index in [1.165, 1.54) is 82.0 Å². The molecule has 280 valence electrons. The minimum atomic E-state index is 0.310. The van der Waals surface area contributed by atoms with E-state index < -0.39 is 0 Å². The topological polar surface area (TPSA) is 72.9 Å². The van der Waals surface area contributed by atoms with Gasteiger partial charge in [0.05, 0.1) is 16.7 Å². The van der Waals surface area contributed by atoms with Gasteiger partial charge in [0.25, 0.3) is 0 Å². The van der Waals surface area contributed by atoms with Crippen LogP contribution in [0.15, 0.2) is 199 Å². The third-order valence-corrected chi connectivity index (χ3v) is 11.8. The van der Waals surface area contributed by atoms with Gasteiger partial charge in [0.15, 0.2) is 5.76 Å². The molecule has 12 aromatic rings. The second-order valence-corrected chi connectivity index (χ2v) is 15.1. The molecule has 5 nitrogen and oxygen atoms in total. The van der Waals surface area contributed by atoms with Crippen molar-refractivity contribution < 1.29 is 4.42 Å². The van der Waals surface area contributed by atoms with Crippen molar-refractivity contribution in [1.29, 1.82) is 5.41 Å². The van der Waals surface area contributed by atoms with Gasteiger partial charge in [0.2, 0.25) is 0 Å². The molecule has 3 heterocycles. The second kappa shape index (κ2) is 13.6. The first kappa shape index (κ1) is 34.4. The molecule has 12 rings (SSSR count). The lowest BCUT2D eigenvalue weighted by Gasteiger charge is -2.11. The average Bonchev–Trinajstić information content (AvgIpc) is 3.93. The summed E-state index contributed by atoms with van der Waals surface area (Å²) >= 11 is 0. The van der Waals surface area contributed by atoms with Gasteiger partial charge in [-0.3, -0.25) is 5.41 Å². The summed E-state index contributed by atoms with van der Waals surface area (Å²) in [4.78, 5) is 0. The Morgan fingerprint density at radius 2 is 1.02 bits per heavy atom. The minimum absolute atomic E-state index is 0.310. The Morgan fingerprint density at radius 3 is 1.76 bits per heavy atom. The third kappa shape index (κ3) is 5.43. The van der Waals surface area contributed by atoms with Gasteiger partial charge in [-0.15, -0.1) is 0 Å². The number of furan rings is 1. The maximum Gasteiger partial charge on any atom is 0.176 e. The first-order chi connectivity index (χ1) is 29.0. The van der Waals surface area contributed by atoms with E-state index in [2.05, 4.69) is 156 Å². The fraction of sp³-hybridized carbons (Fsp3) is 0.0185. The van der Waals surface area contributed by atoms with Gasteiger partial charge < -0.3 is 19.3 Å². The molecule has 0 saturated heterocycles. The van der Waals surface area contributed by atoms with Crippen molar-refractivity contribution in [1.82, 2.24) is 9.13 Å². The molecule has 0 radical (unpaired) electrons. The molecule has 0 aliphatic rings. The average molecular weight is 759 g/mol. The van der Waals surface area contributed by atoms with Crippen LogP contribution in [0.4, 0.5) is 5.69 Å². The lowest BCUT2D eigenvalue weighted by molar-refractivity contribution is 0.606. The molecule has 0 spiro atoms. The number of hydrogen-bond donors (Lipinski definition) is 2. The zero-order valence-corrected chi connectivity index (χ0v) is 32.4. The lowest BCUT2D eigenvalue weighted by Crippen LogP contribution is -2.02. The smallest absolute Gasteiger partial charge is 0.176 e. The van der Waals surface area contributed by atoms with Crippen molar-refractivity contribution in [3.8, 4) is 16.8 Å². The Hall–Kier alpha value is -7.89. The van der Waals surface area contributed by atoms with Gasteiger partial charge in [-0.1, -0.05) is 146 Å². The van der Waals surface area contributed by atoms with Crippen LogP contribution in [0, 0.1) is 5.41 Å². The number of rotatable bonds is 4. The summed E-state index contributed by atoms with van der Waals surface area (Å²) in [6, 6.07) is 68.0. The van der Waals surface area contributed by atoms with Crippen LogP contribution in [0.5, 0.6) is 0 Å². The molecule has 0 aliphatic carbocycles. The highest BCUT2D eigenvalue weighted by Gasteiger charge is 2.19. The fourth-order valence-corrected chi connectivity index (χ4v) is 9.05. The number of anilines is 1. The molecule has 0 amide bonds. The summed E-state index contributed by atoms with van der Waals surface area (Å²) in [5, 5.41) is 19.5. The van der Waals surface area contributed by atoms with Gasteiger partial charge in [-0.05, 0) is 81.2 Å². The quantitative estimate of drug-likeness (QED) is 0.139. The highest BCUT2D eigenvalue weighted by Crippen LogP contribution is 2.43. The largest absolute Gasteiger partial charge is 0.452 e. The maximum atomic E-state index is 8.17. The van der Waals surface area contributed by atoms with E-state index in [1.54, 1.807) is 0 Å². The molecule has 9 aromatic carbocycles. The van der Waals surface area contributed by atoms with Crippen molar-refractivity contribution in [3.05, 3.63) is 205 Å². The number of para-hydroxylation sites is 3. The summed E-state index contributed by atoms with van der Waals surface area (Å²) in [5.41, 5.74) is 17.0. The number of fused-ring (bicyclic) bond motifs is 12. The van der Waals surface area contributed by atoms with Crippen LogP contribution in [-0.2, 0) is 7.05 Å². The van der Waals surface area contributed by atoms with E-state index in [9.17, 15) is 0 Å². The predicted molar refractivity (Wildman–Crippen MR) is 248 cm³/mol. The van der Waals surface area contributed by atoms with Gasteiger partial charge in [0, 0.05) is 56.3 Å². The monoisotopic (exact) mass is 758 g/mol. The Bertz CT molecular complexity index is 3570. The predicted octanol–water partition coefficient (Wildman–Crippen LogP) is 13.8. The minimum Gasteiger partial charge on any atom is -0.452 e. The Balaban J connectivity index is 0.000000185. The Labute approximate surface area is 340 Å². The van der Waals surface area contributed by atoms with Gasteiger partial charge in [0.1, 0.15) is 11.3 Å². The van der Waals surface area contributed by atoms with Crippen molar-refractivity contribution in [3.63, 3.8) is 0 Å². The third-order valence-electron chi connectivity index (χ3n) is 11.8. The van der Waals surface area contributed by atoms with Crippen LogP contribution >= 0.6 is 0 Å². The highest BCUT2D eigenvalue weighted by molar-refractivity contribution is 6.32. The van der Waals surface area contributed by atoms with E-state index in [1.807, 2.05) is 54.6 Å². The number of aryl methyl sites for hydroxylation is 1. The summed E-state index contributed by atoms with van der Waals surface area (Å²) in [5.74, 6) is 0.433. The molecular formula is C54H38N4O. The van der Waals surface area contributed by atoms with E-state index in [-0.39, 0.29) is 0 Å². The van der Waals surface area contributed by atoms with Crippen LogP contribution in [0.1, 0.15) is 11.3 Å². The molecule has 3 aromatic heterocycles. The molecule has 0 atom stereocenters. The number of nitrogen functional groups attached to an aromatic ring is 1. The van der Waals surface area contributed by atoms with Gasteiger partial charge >= 0.3 is 0 Å². The molecule has 0 saturated carbocycles. The standard InChI is InChI=1S/C39H26N2.C15H12N2O/c1-40-33-13-7-5-11-31(33)38-30-21-17-27-18-23-36-39(37(27)29(30)22-24-35(38)40)32-12-6-8-14-34(32)41(36)28-19-15-26(16-20-28)25-9-3-2-4-10-25;16-13(10-6-2-1-3-7-10)15-14(17)11-8-4-5-9-12(11)18-15/h2-24H,1H3;1-9,16H,17H2. The van der Waals surface area contributed by atoms with E-state index in [0.29, 0.717) is 22.7 Å². The summed E-state index contributed by atoms with van der Waals surface area (Å²) in [6.45, 7) is 0. The van der Waals surface area contributed by atoms with E-state index in [4.69, 9.17) is 15.6 Å². The highest BCUT2D eigenvalue weighted by atomic mass is 16.3. The van der Waals surface area contributed by atoms with Gasteiger partial charge in [-0.25, -0.2) is 0 Å². The van der Waals surface area contributed by atoms with Crippen LogP contribution in [0.2, 0.25) is 0 Å². The van der Waals surface area contributed by atoms with E-state index >= 15 is 0 Å². The molecule has 5 heteroatoms. The number of nitrogens with one attached hydrogen (secondary N) is 1. The molecule has 0 fully saturated rings. The Morgan fingerprint density at radius 1 is 0.458 bits per heavy atom. The van der Waals surface area contributed by atoms with Crippen molar-refractivity contribution >= 4 is 87.5 Å². The van der Waals surface area contributed by atoms with Crippen LogP contribution in [-0.4, -0.2) is 14.8 Å². The summed E-state index contributed by atoms with van der Waals surface area (Å²) < 4.78 is 10.4. The summed E-state index contributed by atoms with van der Waals surface area (Å²) in [6.07, 6.45) is 0. The number of nitrogens with zero attached hydrogens (tertiary/aromatic N) is 2. The molecule has 59 heavy (non-hydrogen) atoms. The SMILES string of the molecule is Cn1c2ccccc2c2c3ccc4ccc5c(c6ccccc6n5-c5ccc(-c6ccccc6)cc5)c4c3ccc21.N=C(c1ccccc1)c1oc2ccccc2c1N. The van der Waals surface area contributed by atoms with Crippen LogP contribution in [0.25, 0.3) is 92.9 Å². The zero-order valence-electron chi connectivity index (χ0n) is 32.4. The van der Waals surface area contributed by atoms with Crippen LogP contribution in [0.3, 0.4) is 0 Å². The Kier molecular flexibility index (Phi) is 7.95. The molecule has 0 aliphatic heterocycles. The zero-order chi connectivity index (χ0) is 39.6. The normalized spacial score (nSPS) is 11.6. The fourth-order valence-electron chi connectivity index (χ4n) is 9.05. The van der Waals surface area contributed by atoms with E-state index in [0.717, 1.165) is 10.9 Å². The first-order valence-electron chi connectivity index (χ1n) is 19.9. The molecule has 3 N–H and O–H groups in total. The number of hydrogen-bond acceptors (Lipinski definition) is 3. The summed E-state index contributed by atoms with van der Waals surface area (Å²) in [7, 11) is 2.17. The lowest BCUT2D eigenvalue weighted by atomic mass is 9.95. The first-order valence-corrected chi connectivity index (χ1v) is 19.9. The van der Waals surface area contributed by atoms with Crippen molar-refractivity contribution in [2.24, 2.45) is 7.05 Å². The maximum absolute atomic E-state index is 8.17. The number of benzene rings is 9. The van der Waals surface area contributed by atoms with Gasteiger partial charge in [-0.2, -0.15) is 0 Å². The van der Waals surface area contributed by atoms with Crippen molar-refractivity contribution in [2.45, 2.75) is 0 Å². The van der Waals surface area contributed by atoms with Crippen molar-refractivity contribution in [2.75, 3.05) is 5.73 Å².